The van der Waals surface area contributed by atoms with Crippen LogP contribution < -0.4 is 5.32 Å². The minimum absolute atomic E-state index is 0.0349. The van der Waals surface area contributed by atoms with Crippen LogP contribution in [-0.2, 0) is 9.53 Å². The van der Waals surface area contributed by atoms with Gasteiger partial charge >= 0.3 is 6.09 Å². The number of nitrogens with one attached hydrogen (secondary N) is 1. The van der Waals surface area contributed by atoms with Crippen LogP contribution in [0.4, 0.5) is 4.79 Å². The van der Waals surface area contributed by atoms with E-state index in [4.69, 9.17) is 9.84 Å². The summed E-state index contributed by atoms with van der Waals surface area (Å²) < 4.78 is 5.99. The normalized spacial score (nSPS) is 35.6. The molecular formula is C43H74N2O5. The number of aliphatic hydroxyl groups excluding tert-OH is 2. The molecule has 286 valence electrons. The molecule has 1 saturated heterocycles. The molecule has 4 fully saturated rings. The Balaban J connectivity index is 1.01. The van der Waals surface area contributed by atoms with Gasteiger partial charge in [-0.05, 0) is 123 Å². The van der Waals surface area contributed by atoms with Crippen LogP contribution in [-0.4, -0.2) is 65.1 Å². The molecule has 0 bridgehead atoms. The number of carbonyl (C=O) groups is 2. The van der Waals surface area contributed by atoms with Gasteiger partial charge in [0.2, 0.25) is 5.91 Å². The largest absolute Gasteiger partial charge is 0.446 e. The number of likely N-dealkylation sites (tertiary alicyclic amines) is 1. The highest BCUT2D eigenvalue weighted by Gasteiger charge is 2.59. The molecule has 3 N–H and O–H groups in total. The third kappa shape index (κ3) is 9.30. The number of rotatable bonds is 17. The van der Waals surface area contributed by atoms with Gasteiger partial charge < -0.3 is 25.2 Å². The lowest BCUT2D eigenvalue weighted by Gasteiger charge is -2.58. The van der Waals surface area contributed by atoms with Gasteiger partial charge in [0.15, 0.2) is 0 Å². The summed E-state index contributed by atoms with van der Waals surface area (Å²) in [5.41, 5.74) is 2.33. The van der Waals surface area contributed by atoms with Crippen LogP contribution in [0.2, 0.25) is 0 Å². The molecule has 1 heterocycles. The molecule has 0 aromatic heterocycles. The first-order valence-corrected chi connectivity index (χ1v) is 21.2. The molecule has 5 aliphatic rings. The molecule has 0 spiro atoms. The molecule has 50 heavy (non-hydrogen) atoms. The van der Waals surface area contributed by atoms with Crippen molar-refractivity contribution in [1.82, 2.24) is 10.2 Å². The maximum Gasteiger partial charge on any atom is 0.407 e. The van der Waals surface area contributed by atoms with Crippen molar-refractivity contribution in [2.75, 3.05) is 19.7 Å². The van der Waals surface area contributed by atoms with Gasteiger partial charge in [0, 0.05) is 38.6 Å². The lowest BCUT2D eigenvalue weighted by atomic mass is 9.47. The number of ether oxygens (including phenoxy) is 1. The second-order valence-corrected chi connectivity index (χ2v) is 18.5. The zero-order valence-electron chi connectivity index (χ0n) is 32.6. The zero-order chi connectivity index (χ0) is 35.9. The fourth-order valence-corrected chi connectivity index (χ4v) is 12.0. The van der Waals surface area contributed by atoms with Crippen molar-refractivity contribution in [3.63, 3.8) is 0 Å². The zero-order valence-corrected chi connectivity index (χ0v) is 32.6. The van der Waals surface area contributed by atoms with Crippen LogP contribution in [0.3, 0.4) is 0 Å². The van der Waals surface area contributed by atoms with Gasteiger partial charge in [0.1, 0.15) is 6.10 Å². The molecule has 2 amide bonds. The number of amides is 2. The number of unbranched alkanes of at least 4 members (excludes halogenated alkanes) is 4. The molecule has 7 heteroatoms. The summed E-state index contributed by atoms with van der Waals surface area (Å²) in [6.07, 6.45) is 23.0. The monoisotopic (exact) mass is 699 g/mol. The number of hydrogen-bond acceptors (Lipinski definition) is 5. The van der Waals surface area contributed by atoms with Crippen molar-refractivity contribution in [1.29, 1.82) is 0 Å². The maximum absolute atomic E-state index is 12.9. The summed E-state index contributed by atoms with van der Waals surface area (Å²) in [5.74, 6) is 5.13. The summed E-state index contributed by atoms with van der Waals surface area (Å²) in [6.45, 7) is 13.7. The average molecular weight is 699 g/mol. The number of allylic oxidation sites excluding steroid dienone is 1. The number of alkyl carbamates (subject to hydrolysis) is 1. The van der Waals surface area contributed by atoms with E-state index in [1.165, 1.54) is 51.4 Å². The number of nitrogens with zero attached hydrogens (tertiary/aromatic N) is 1. The molecule has 7 nitrogen and oxygen atoms in total. The number of β-amino-alcohol motifs (C(OH)–C–C–N with tert-alkyl or cyclic N) is 1. The standard InChI is InChI=1S/C43H74N2O5/c1-30(2)13-12-14-31(3)37-19-20-38-36-18-17-32-27-35(21-23-42(32,4)39(36)22-24-43(37,38)5)50-41(49)44-25-10-6-9-16-40(48)45-29-34(47)28-33(45)15-8-7-11-26-46/h17,30-31,33-39,46-47H,6-16,18-29H2,1-5H3,(H,44,49)/t31-,33-,34-,35?,36?,37-,38+,39+,42+,43-/m1/s1. The van der Waals surface area contributed by atoms with E-state index in [1.807, 2.05) is 4.90 Å². The topological polar surface area (TPSA) is 99.1 Å². The minimum Gasteiger partial charge on any atom is -0.446 e. The number of aliphatic hydroxyl groups is 2. The van der Waals surface area contributed by atoms with E-state index in [2.05, 4.69) is 46.0 Å². The van der Waals surface area contributed by atoms with E-state index in [0.717, 1.165) is 99.7 Å². The summed E-state index contributed by atoms with van der Waals surface area (Å²) in [6, 6.07) is 0.118. The van der Waals surface area contributed by atoms with Gasteiger partial charge in [-0.3, -0.25) is 4.79 Å². The van der Waals surface area contributed by atoms with Crippen LogP contribution in [0.25, 0.3) is 0 Å². The van der Waals surface area contributed by atoms with Crippen LogP contribution in [0.5, 0.6) is 0 Å². The Bertz CT molecular complexity index is 1140. The predicted molar refractivity (Wildman–Crippen MR) is 201 cm³/mol. The van der Waals surface area contributed by atoms with Gasteiger partial charge in [0.05, 0.1) is 6.10 Å². The first-order chi connectivity index (χ1) is 24.0. The summed E-state index contributed by atoms with van der Waals surface area (Å²) >= 11 is 0. The van der Waals surface area contributed by atoms with E-state index in [-0.39, 0.29) is 36.2 Å². The number of fused-ring (bicyclic) bond motifs is 5. The minimum atomic E-state index is -0.428. The van der Waals surface area contributed by atoms with E-state index in [9.17, 15) is 14.7 Å². The molecule has 10 atom stereocenters. The lowest BCUT2D eigenvalue weighted by molar-refractivity contribution is -0.132. The molecule has 4 aliphatic carbocycles. The van der Waals surface area contributed by atoms with Gasteiger partial charge in [-0.2, -0.15) is 0 Å². The second-order valence-electron chi connectivity index (χ2n) is 18.5. The molecule has 0 radical (unpaired) electrons. The Hall–Kier alpha value is -1.60. The van der Waals surface area contributed by atoms with Crippen LogP contribution in [0, 0.1) is 46.3 Å². The van der Waals surface area contributed by atoms with Crippen molar-refractivity contribution in [2.45, 2.75) is 181 Å². The van der Waals surface area contributed by atoms with Crippen molar-refractivity contribution in [3.05, 3.63) is 11.6 Å². The predicted octanol–water partition coefficient (Wildman–Crippen LogP) is 9.20. The smallest absolute Gasteiger partial charge is 0.407 e. The Morgan fingerprint density at radius 2 is 1.76 bits per heavy atom. The Kier molecular flexibility index (Phi) is 14.2. The van der Waals surface area contributed by atoms with Crippen molar-refractivity contribution in [3.8, 4) is 0 Å². The number of carbonyl (C=O) groups excluding carboxylic acids is 2. The van der Waals surface area contributed by atoms with Gasteiger partial charge in [0.25, 0.3) is 0 Å². The van der Waals surface area contributed by atoms with Gasteiger partial charge in [-0.15, -0.1) is 0 Å². The molecule has 5 rings (SSSR count). The first-order valence-electron chi connectivity index (χ1n) is 21.2. The molecular weight excluding hydrogens is 624 g/mol. The van der Waals surface area contributed by atoms with Crippen LogP contribution >= 0.6 is 0 Å². The third-order valence-corrected chi connectivity index (χ3v) is 14.8. The summed E-state index contributed by atoms with van der Waals surface area (Å²) in [4.78, 5) is 27.5. The molecule has 1 aliphatic heterocycles. The highest BCUT2D eigenvalue weighted by atomic mass is 16.6. The van der Waals surface area contributed by atoms with Gasteiger partial charge in [-0.1, -0.05) is 84.8 Å². The summed E-state index contributed by atoms with van der Waals surface area (Å²) in [7, 11) is 0. The van der Waals surface area contributed by atoms with Gasteiger partial charge in [-0.25, -0.2) is 4.79 Å². The second kappa shape index (κ2) is 18.0. The van der Waals surface area contributed by atoms with E-state index in [0.29, 0.717) is 31.3 Å². The molecule has 0 aromatic rings. The number of hydrogen-bond donors (Lipinski definition) is 3. The lowest BCUT2D eigenvalue weighted by Crippen LogP contribution is -2.51. The molecule has 0 aromatic carbocycles. The molecule has 2 unspecified atom stereocenters. The van der Waals surface area contributed by atoms with Crippen molar-refractivity contribution < 1.29 is 24.5 Å². The van der Waals surface area contributed by atoms with Crippen LogP contribution in [0.1, 0.15) is 163 Å². The maximum atomic E-state index is 12.9. The van der Waals surface area contributed by atoms with Crippen LogP contribution in [0.15, 0.2) is 11.6 Å². The fraction of sp³-hybridized carbons (Fsp3) is 0.907. The Morgan fingerprint density at radius 1 is 0.960 bits per heavy atom. The Morgan fingerprint density at radius 3 is 2.54 bits per heavy atom. The molecule has 3 saturated carbocycles. The SMILES string of the molecule is CC(C)CCC[C@@H](C)[C@H]1CC[C@H]2C3CC=C4CC(OC(=O)NCCCCCC(=O)N5C[C@H](O)C[C@H]5CCCCCO)CC[C@]4(C)[C@H]3CC[C@]12C. The van der Waals surface area contributed by atoms with Crippen molar-refractivity contribution in [2.24, 2.45) is 46.3 Å². The third-order valence-electron chi connectivity index (χ3n) is 14.8. The Labute approximate surface area is 305 Å². The summed E-state index contributed by atoms with van der Waals surface area (Å²) in [5, 5.41) is 22.1. The quantitative estimate of drug-likeness (QED) is 0.104. The average Bonchev–Trinajstić information content (AvgIpc) is 3.63. The van der Waals surface area contributed by atoms with E-state index in [1.54, 1.807) is 5.57 Å². The highest BCUT2D eigenvalue weighted by molar-refractivity contribution is 5.76. The highest BCUT2D eigenvalue weighted by Crippen LogP contribution is 2.67. The van der Waals surface area contributed by atoms with E-state index >= 15 is 0 Å². The first kappa shape index (κ1) is 39.6. The fourth-order valence-electron chi connectivity index (χ4n) is 12.0. The van der Waals surface area contributed by atoms with E-state index < -0.39 is 6.10 Å². The van der Waals surface area contributed by atoms with Crippen molar-refractivity contribution >= 4 is 12.0 Å².